The molecule has 1 aromatic carbocycles. The van der Waals surface area contributed by atoms with Crippen molar-refractivity contribution in [3.8, 4) is 0 Å². The van der Waals surface area contributed by atoms with E-state index < -0.39 is 0 Å². The van der Waals surface area contributed by atoms with Gasteiger partial charge in [-0.3, -0.25) is 4.79 Å². The van der Waals surface area contributed by atoms with E-state index in [0.29, 0.717) is 6.42 Å². The first-order valence-electron chi connectivity index (χ1n) is 4.41. The van der Waals surface area contributed by atoms with Crippen LogP contribution in [0.2, 0.25) is 0 Å². The van der Waals surface area contributed by atoms with Gasteiger partial charge in [0.2, 0.25) is 0 Å². The van der Waals surface area contributed by atoms with Crippen molar-refractivity contribution in [1.82, 2.24) is 0 Å². The van der Waals surface area contributed by atoms with Crippen molar-refractivity contribution in [2.24, 2.45) is 5.73 Å². The number of aryl methyl sites for hydroxylation is 1. The van der Waals surface area contributed by atoms with Crippen LogP contribution in [-0.4, -0.2) is 5.78 Å². The van der Waals surface area contributed by atoms with Crippen LogP contribution in [0.3, 0.4) is 0 Å². The summed E-state index contributed by atoms with van der Waals surface area (Å²) in [5, 5.41) is 0. The number of Topliss-reactive ketones (excluding diaryl/α,β-unsaturated/α-hetero) is 1. The SMILES string of the molecule is CC(=O)CC(N)c1cccc(C)c1. The van der Waals surface area contributed by atoms with E-state index in [1.165, 1.54) is 5.56 Å². The Morgan fingerprint density at radius 1 is 1.54 bits per heavy atom. The molecule has 1 aromatic rings. The van der Waals surface area contributed by atoms with Crippen LogP contribution >= 0.6 is 0 Å². The van der Waals surface area contributed by atoms with Crippen molar-refractivity contribution in [1.29, 1.82) is 0 Å². The molecule has 0 heterocycles. The van der Waals surface area contributed by atoms with Crippen LogP contribution in [0, 0.1) is 6.92 Å². The highest BCUT2D eigenvalue weighted by molar-refractivity contribution is 5.76. The van der Waals surface area contributed by atoms with Gasteiger partial charge in [0.25, 0.3) is 0 Å². The third kappa shape index (κ3) is 2.99. The van der Waals surface area contributed by atoms with Crippen LogP contribution in [0.25, 0.3) is 0 Å². The topological polar surface area (TPSA) is 43.1 Å². The minimum Gasteiger partial charge on any atom is -0.324 e. The summed E-state index contributed by atoms with van der Waals surface area (Å²) >= 11 is 0. The van der Waals surface area contributed by atoms with Crippen molar-refractivity contribution in [2.75, 3.05) is 0 Å². The summed E-state index contributed by atoms with van der Waals surface area (Å²) in [5.74, 6) is 0.133. The third-order valence-corrected chi connectivity index (χ3v) is 1.98. The molecule has 1 rings (SSSR count). The molecule has 2 heteroatoms. The van der Waals surface area contributed by atoms with Crippen LogP contribution in [-0.2, 0) is 4.79 Å². The predicted molar refractivity (Wildman–Crippen MR) is 53.4 cm³/mol. The summed E-state index contributed by atoms with van der Waals surface area (Å²) in [4.78, 5) is 10.8. The average molecular weight is 177 g/mol. The first-order valence-corrected chi connectivity index (χ1v) is 4.41. The highest BCUT2D eigenvalue weighted by atomic mass is 16.1. The Morgan fingerprint density at radius 2 is 2.23 bits per heavy atom. The summed E-state index contributed by atoms with van der Waals surface area (Å²) < 4.78 is 0. The number of benzene rings is 1. The molecule has 0 saturated heterocycles. The first-order chi connectivity index (χ1) is 6.09. The second kappa shape index (κ2) is 4.19. The molecular formula is C11H15NO. The van der Waals surface area contributed by atoms with Gasteiger partial charge in [0.05, 0.1) is 0 Å². The Balaban J connectivity index is 2.76. The molecule has 0 saturated carbocycles. The summed E-state index contributed by atoms with van der Waals surface area (Å²) in [7, 11) is 0. The molecule has 0 amide bonds. The Labute approximate surface area is 78.8 Å². The maximum Gasteiger partial charge on any atom is 0.131 e. The van der Waals surface area contributed by atoms with E-state index in [0.717, 1.165) is 5.56 Å². The van der Waals surface area contributed by atoms with Gasteiger partial charge >= 0.3 is 0 Å². The lowest BCUT2D eigenvalue weighted by molar-refractivity contribution is -0.117. The number of hydrogen-bond acceptors (Lipinski definition) is 2. The summed E-state index contributed by atoms with van der Waals surface area (Å²) in [6.07, 6.45) is 0.420. The Kier molecular flexibility index (Phi) is 3.20. The number of carbonyl (C=O) groups is 1. The molecule has 0 aliphatic rings. The molecular weight excluding hydrogens is 162 g/mol. The van der Waals surface area contributed by atoms with E-state index in [-0.39, 0.29) is 11.8 Å². The number of carbonyl (C=O) groups excluding carboxylic acids is 1. The fourth-order valence-electron chi connectivity index (χ4n) is 1.33. The standard InChI is InChI=1S/C11H15NO/c1-8-4-3-5-10(6-8)11(12)7-9(2)13/h3-6,11H,7,12H2,1-2H3. The van der Waals surface area contributed by atoms with Crippen LogP contribution < -0.4 is 5.73 Å². The lowest BCUT2D eigenvalue weighted by Crippen LogP contribution is -2.13. The average Bonchev–Trinajstić information content (AvgIpc) is 2.03. The molecule has 1 unspecified atom stereocenters. The molecule has 0 aliphatic carbocycles. The molecule has 0 radical (unpaired) electrons. The van der Waals surface area contributed by atoms with Gasteiger partial charge in [-0.25, -0.2) is 0 Å². The van der Waals surface area contributed by atoms with Crippen molar-refractivity contribution in [2.45, 2.75) is 26.3 Å². The smallest absolute Gasteiger partial charge is 0.131 e. The molecule has 0 spiro atoms. The zero-order chi connectivity index (χ0) is 9.84. The van der Waals surface area contributed by atoms with Gasteiger partial charge < -0.3 is 5.73 Å². The summed E-state index contributed by atoms with van der Waals surface area (Å²) in [5.41, 5.74) is 8.06. The molecule has 0 fully saturated rings. The zero-order valence-electron chi connectivity index (χ0n) is 8.08. The normalized spacial score (nSPS) is 12.5. The van der Waals surface area contributed by atoms with E-state index in [4.69, 9.17) is 5.73 Å². The molecule has 0 aromatic heterocycles. The van der Waals surface area contributed by atoms with E-state index in [1.54, 1.807) is 6.92 Å². The minimum absolute atomic E-state index is 0.133. The fraction of sp³-hybridized carbons (Fsp3) is 0.364. The lowest BCUT2D eigenvalue weighted by Gasteiger charge is -2.10. The summed E-state index contributed by atoms with van der Waals surface area (Å²) in [6, 6.07) is 7.81. The van der Waals surface area contributed by atoms with E-state index in [2.05, 4.69) is 0 Å². The van der Waals surface area contributed by atoms with E-state index >= 15 is 0 Å². The predicted octanol–water partition coefficient (Wildman–Crippen LogP) is 1.97. The van der Waals surface area contributed by atoms with E-state index in [1.807, 2.05) is 31.2 Å². The van der Waals surface area contributed by atoms with Crippen molar-refractivity contribution in [3.05, 3.63) is 35.4 Å². The van der Waals surface area contributed by atoms with Crippen LogP contribution in [0.4, 0.5) is 0 Å². The second-order valence-corrected chi connectivity index (χ2v) is 3.43. The molecule has 2 N–H and O–H groups in total. The minimum atomic E-state index is -0.155. The maximum absolute atomic E-state index is 10.8. The van der Waals surface area contributed by atoms with Crippen LogP contribution in [0.1, 0.15) is 30.5 Å². The zero-order valence-corrected chi connectivity index (χ0v) is 8.08. The molecule has 70 valence electrons. The second-order valence-electron chi connectivity index (χ2n) is 3.43. The number of nitrogens with two attached hydrogens (primary N) is 1. The van der Waals surface area contributed by atoms with Gasteiger partial charge in [0.15, 0.2) is 0 Å². The van der Waals surface area contributed by atoms with Gasteiger partial charge in [0, 0.05) is 12.5 Å². The molecule has 1 atom stereocenters. The first kappa shape index (κ1) is 9.93. The monoisotopic (exact) mass is 177 g/mol. The molecule has 0 aliphatic heterocycles. The van der Waals surface area contributed by atoms with Crippen molar-refractivity contribution in [3.63, 3.8) is 0 Å². The Morgan fingerprint density at radius 3 is 2.77 bits per heavy atom. The number of ketones is 1. The molecule has 0 bridgehead atoms. The third-order valence-electron chi connectivity index (χ3n) is 1.98. The largest absolute Gasteiger partial charge is 0.324 e. The van der Waals surface area contributed by atoms with Gasteiger partial charge in [-0.1, -0.05) is 29.8 Å². The Hall–Kier alpha value is -1.15. The van der Waals surface area contributed by atoms with Gasteiger partial charge in [-0.2, -0.15) is 0 Å². The quantitative estimate of drug-likeness (QED) is 0.767. The number of rotatable bonds is 3. The van der Waals surface area contributed by atoms with Gasteiger partial charge in [-0.15, -0.1) is 0 Å². The van der Waals surface area contributed by atoms with Gasteiger partial charge in [-0.05, 0) is 19.4 Å². The van der Waals surface area contributed by atoms with Crippen molar-refractivity contribution >= 4 is 5.78 Å². The van der Waals surface area contributed by atoms with Crippen LogP contribution in [0.15, 0.2) is 24.3 Å². The molecule has 2 nitrogen and oxygen atoms in total. The Bertz CT molecular complexity index is 307. The molecule has 13 heavy (non-hydrogen) atoms. The lowest BCUT2D eigenvalue weighted by atomic mass is 10.0. The van der Waals surface area contributed by atoms with Gasteiger partial charge in [0.1, 0.15) is 5.78 Å². The van der Waals surface area contributed by atoms with Crippen LogP contribution in [0.5, 0.6) is 0 Å². The highest BCUT2D eigenvalue weighted by Gasteiger charge is 2.07. The van der Waals surface area contributed by atoms with E-state index in [9.17, 15) is 4.79 Å². The number of hydrogen-bond donors (Lipinski definition) is 1. The maximum atomic E-state index is 10.8. The highest BCUT2D eigenvalue weighted by Crippen LogP contribution is 2.15. The summed E-state index contributed by atoms with van der Waals surface area (Å²) in [6.45, 7) is 3.58. The van der Waals surface area contributed by atoms with Crippen molar-refractivity contribution < 1.29 is 4.79 Å². The fourth-order valence-corrected chi connectivity index (χ4v) is 1.33.